The summed E-state index contributed by atoms with van der Waals surface area (Å²) in [5.41, 5.74) is -0.344. The molecule has 1 aliphatic rings. The summed E-state index contributed by atoms with van der Waals surface area (Å²) in [6, 6.07) is 7.37. The Morgan fingerprint density at radius 3 is 2.40 bits per heavy atom. The van der Waals surface area contributed by atoms with Gasteiger partial charge in [0.2, 0.25) is 5.91 Å². The zero-order chi connectivity index (χ0) is 14.6. The molecule has 1 aliphatic heterocycles. The summed E-state index contributed by atoms with van der Waals surface area (Å²) in [5, 5.41) is 12.0. The first-order chi connectivity index (χ1) is 9.52. The summed E-state index contributed by atoms with van der Waals surface area (Å²) in [5.74, 6) is -1.28. The lowest BCUT2D eigenvalue weighted by atomic mass is 9.90. The minimum absolute atomic E-state index is 0.170. The lowest BCUT2D eigenvalue weighted by Crippen LogP contribution is -2.57. The quantitative estimate of drug-likeness (QED) is 0.874. The van der Waals surface area contributed by atoms with E-state index in [1.807, 2.05) is 24.3 Å². The maximum Gasteiger partial charge on any atom is 0.329 e. The molecule has 1 aromatic rings. The average Bonchev–Trinajstić information content (AvgIpc) is 2.42. The number of amides is 1. The van der Waals surface area contributed by atoms with Gasteiger partial charge in [-0.25, -0.2) is 4.79 Å². The molecule has 108 valence electrons. The van der Waals surface area contributed by atoms with Crippen molar-refractivity contribution in [1.82, 2.24) is 5.32 Å². The number of carboxylic acid groups (broad SMARTS) is 1. The van der Waals surface area contributed by atoms with Crippen LogP contribution in [0.4, 0.5) is 0 Å². The number of carbonyl (C=O) groups excluding carboxylic acids is 1. The van der Waals surface area contributed by atoms with Gasteiger partial charge in [-0.05, 0) is 17.7 Å². The minimum atomic E-state index is -1.19. The van der Waals surface area contributed by atoms with E-state index in [0.29, 0.717) is 26.1 Å². The van der Waals surface area contributed by atoms with Crippen molar-refractivity contribution in [3.63, 3.8) is 0 Å². The van der Waals surface area contributed by atoms with Crippen molar-refractivity contribution >= 4 is 27.8 Å². The normalized spacial score (nSPS) is 17.4. The number of benzene rings is 1. The molecule has 0 saturated carbocycles. The van der Waals surface area contributed by atoms with Gasteiger partial charge in [0.15, 0.2) is 0 Å². The SMILES string of the molecule is O=C(Cc1ccc(Br)cc1)NC1(C(=O)O)CCOCC1. The smallest absolute Gasteiger partial charge is 0.329 e. The van der Waals surface area contributed by atoms with E-state index < -0.39 is 11.5 Å². The van der Waals surface area contributed by atoms with Crippen molar-refractivity contribution in [2.45, 2.75) is 24.8 Å². The van der Waals surface area contributed by atoms with E-state index in [1.165, 1.54) is 0 Å². The first-order valence-electron chi connectivity index (χ1n) is 6.38. The fourth-order valence-corrected chi connectivity index (χ4v) is 2.48. The molecular formula is C14H16BrNO4. The van der Waals surface area contributed by atoms with Gasteiger partial charge >= 0.3 is 5.97 Å². The Labute approximate surface area is 125 Å². The van der Waals surface area contributed by atoms with Crippen LogP contribution in [0.3, 0.4) is 0 Å². The highest BCUT2D eigenvalue weighted by Gasteiger charge is 2.41. The molecule has 1 saturated heterocycles. The van der Waals surface area contributed by atoms with Crippen molar-refractivity contribution in [2.75, 3.05) is 13.2 Å². The predicted octanol–water partition coefficient (Wildman–Crippen LogP) is 1.74. The molecule has 1 heterocycles. The Balaban J connectivity index is 2.01. The van der Waals surface area contributed by atoms with E-state index in [4.69, 9.17) is 4.74 Å². The molecule has 20 heavy (non-hydrogen) atoms. The number of carbonyl (C=O) groups is 2. The Kier molecular flexibility index (Phi) is 4.77. The molecule has 0 aliphatic carbocycles. The van der Waals surface area contributed by atoms with Crippen molar-refractivity contribution in [3.8, 4) is 0 Å². The summed E-state index contributed by atoms with van der Waals surface area (Å²) in [6.45, 7) is 0.704. The monoisotopic (exact) mass is 341 g/mol. The fourth-order valence-electron chi connectivity index (χ4n) is 2.21. The predicted molar refractivity (Wildman–Crippen MR) is 76.4 cm³/mol. The van der Waals surface area contributed by atoms with E-state index in [-0.39, 0.29) is 12.3 Å². The topological polar surface area (TPSA) is 75.6 Å². The van der Waals surface area contributed by atoms with Gasteiger partial charge in [0.1, 0.15) is 5.54 Å². The first kappa shape index (κ1) is 15.0. The molecule has 0 unspecified atom stereocenters. The maximum atomic E-state index is 12.0. The van der Waals surface area contributed by atoms with E-state index in [0.717, 1.165) is 10.0 Å². The van der Waals surface area contributed by atoms with Crippen molar-refractivity contribution in [1.29, 1.82) is 0 Å². The second kappa shape index (κ2) is 6.37. The number of halogens is 1. The lowest BCUT2D eigenvalue weighted by molar-refractivity contribution is -0.152. The highest BCUT2D eigenvalue weighted by molar-refractivity contribution is 9.10. The molecule has 5 nitrogen and oxygen atoms in total. The second-order valence-corrected chi connectivity index (χ2v) is 5.77. The van der Waals surface area contributed by atoms with Gasteiger partial charge in [0, 0.05) is 30.5 Å². The largest absolute Gasteiger partial charge is 0.480 e. The molecular weight excluding hydrogens is 326 g/mol. The zero-order valence-corrected chi connectivity index (χ0v) is 12.5. The van der Waals surface area contributed by atoms with E-state index in [9.17, 15) is 14.7 Å². The van der Waals surface area contributed by atoms with Crippen LogP contribution in [0.25, 0.3) is 0 Å². The number of rotatable bonds is 4. The Morgan fingerprint density at radius 1 is 1.25 bits per heavy atom. The lowest BCUT2D eigenvalue weighted by Gasteiger charge is -2.33. The summed E-state index contributed by atoms with van der Waals surface area (Å²) < 4.78 is 6.11. The number of nitrogens with one attached hydrogen (secondary N) is 1. The van der Waals surface area contributed by atoms with Crippen LogP contribution in [-0.2, 0) is 20.7 Å². The summed E-state index contributed by atoms with van der Waals surface area (Å²) in [6.07, 6.45) is 0.770. The van der Waals surface area contributed by atoms with Gasteiger partial charge in [-0.1, -0.05) is 28.1 Å². The molecule has 2 N–H and O–H groups in total. The first-order valence-corrected chi connectivity index (χ1v) is 7.18. The third-order valence-electron chi connectivity index (χ3n) is 3.41. The van der Waals surface area contributed by atoms with Crippen LogP contribution in [0.2, 0.25) is 0 Å². The highest BCUT2D eigenvalue weighted by atomic mass is 79.9. The van der Waals surface area contributed by atoms with Crippen molar-refractivity contribution < 1.29 is 19.4 Å². The highest BCUT2D eigenvalue weighted by Crippen LogP contribution is 2.21. The van der Waals surface area contributed by atoms with Crippen LogP contribution in [0.5, 0.6) is 0 Å². The molecule has 0 spiro atoms. The summed E-state index contributed by atoms with van der Waals surface area (Å²) >= 11 is 3.33. The van der Waals surface area contributed by atoms with Crippen LogP contribution in [0, 0.1) is 0 Å². The molecule has 0 radical (unpaired) electrons. The molecule has 1 aromatic carbocycles. The van der Waals surface area contributed by atoms with Gasteiger partial charge in [-0.15, -0.1) is 0 Å². The fraction of sp³-hybridized carbons (Fsp3) is 0.429. The molecule has 1 fully saturated rings. The molecule has 0 aromatic heterocycles. The van der Waals surface area contributed by atoms with Crippen LogP contribution in [0.1, 0.15) is 18.4 Å². The number of hydrogen-bond acceptors (Lipinski definition) is 3. The van der Waals surface area contributed by atoms with Crippen molar-refractivity contribution in [3.05, 3.63) is 34.3 Å². The minimum Gasteiger partial charge on any atom is -0.480 e. The molecule has 2 rings (SSSR count). The van der Waals surface area contributed by atoms with Crippen LogP contribution < -0.4 is 5.32 Å². The van der Waals surface area contributed by atoms with E-state index >= 15 is 0 Å². The van der Waals surface area contributed by atoms with Crippen molar-refractivity contribution in [2.24, 2.45) is 0 Å². The Morgan fingerprint density at radius 2 is 1.85 bits per heavy atom. The zero-order valence-electron chi connectivity index (χ0n) is 10.9. The Bertz CT molecular complexity index is 494. The third-order valence-corrected chi connectivity index (χ3v) is 3.94. The van der Waals surface area contributed by atoms with Gasteiger partial charge in [0.05, 0.1) is 6.42 Å². The summed E-state index contributed by atoms with van der Waals surface area (Å²) in [4.78, 5) is 23.5. The van der Waals surface area contributed by atoms with E-state index in [1.54, 1.807) is 0 Å². The van der Waals surface area contributed by atoms with Gasteiger partial charge in [-0.2, -0.15) is 0 Å². The maximum absolute atomic E-state index is 12.0. The number of ether oxygens (including phenoxy) is 1. The van der Waals surface area contributed by atoms with Crippen LogP contribution in [0.15, 0.2) is 28.7 Å². The van der Waals surface area contributed by atoms with Gasteiger partial charge in [-0.3, -0.25) is 4.79 Å². The van der Waals surface area contributed by atoms with Crippen LogP contribution in [-0.4, -0.2) is 35.7 Å². The number of carboxylic acids is 1. The third kappa shape index (κ3) is 3.58. The standard InChI is InChI=1S/C14H16BrNO4/c15-11-3-1-10(2-4-11)9-12(17)16-14(13(18)19)5-7-20-8-6-14/h1-4H,5-9H2,(H,16,17)(H,18,19). The molecule has 0 bridgehead atoms. The number of aliphatic carboxylic acids is 1. The molecule has 0 atom stereocenters. The molecule has 1 amide bonds. The van der Waals surface area contributed by atoms with E-state index in [2.05, 4.69) is 21.2 Å². The number of hydrogen-bond donors (Lipinski definition) is 2. The summed E-state index contributed by atoms with van der Waals surface area (Å²) in [7, 11) is 0. The average molecular weight is 342 g/mol. The van der Waals surface area contributed by atoms with Crippen LogP contribution >= 0.6 is 15.9 Å². The second-order valence-electron chi connectivity index (χ2n) is 4.85. The Hall–Kier alpha value is -1.40. The van der Waals surface area contributed by atoms with Gasteiger partial charge in [0.25, 0.3) is 0 Å². The van der Waals surface area contributed by atoms with Gasteiger partial charge < -0.3 is 15.2 Å². The molecule has 6 heteroatoms.